The highest BCUT2D eigenvalue weighted by atomic mass is 19.4. The normalized spacial score (nSPS) is 27.1. The van der Waals surface area contributed by atoms with Gasteiger partial charge in [0, 0.05) is 32.1 Å². The van der Waals surface area contributed by atoms with Gasteiger partial charge in [-0.3, -0.25) is 14.7 Å². The first-order chi connectivity index (χ1) is 14.5. The Kier molecular flexibility index (Phi) is 5.38. The zero-order valence-corrected chi connectivity index (χ0v) is 17.2. The van der Waals surface area contributed by atoms with E-state index in [1.54, 1.807) is 24.1 Å². The zero-order valence-electron chi connectivity index (χ0n) is 17.2. The molecule has 166 valence electrons. The number of ether oxygens (including phenoxy) is 1. The van der Waals surface area contributed by atoms with Gasteiger partial charge in [-0.1, -0.05) is 17.7 Å². The number of carbonyl (C=O) groups is 1. The molecule has 1 fully saturated rings. The van der Waals surface area contributed by atoms with Gasteiger partial charge in [-0.2, -0.15) is 13.2 Å². The summed E-state index contributed by atoms with van der Waals surface area (Å²) in [5.74, 6) is 0.327. The number of oxazole rings is 1. The summed E-state index contributed by atoms with van der Waals surface area (Å²) in [6, 6.07) is 0. The molecule has 1 aliphatic carbocycles. The summed E-state index contributed by atoms with van der Waals surface area (Å²) in [6.07, 6.45) is 1.21. The number of hydrogen-bond acceptors (Lipinski definition) is 6. The maximum absolute atomic E-state index is 13.0. The number of dihydropyridines is 1. The number of fused-ring (bicyclic) bond motifs is 1. The molecule has 1 aromatic heterocycles. The van der Waals surface area contributed by atoms with Gasteiger partial charge in [-0.15, -0.1) is 0 Å². The number of alkyl halides is 3. The molecule has 3 aliphatic rings. The van der Waals surface area contributed by atoms with E-state index in [4.69, 9.17) is 14.9 Å². The van der Waals surface area contributed by atoms with Gasteiger partial charge in [0.15, 0.2) is 17.8 Å². The van der Waals surface area contributed by atoms with Crippen LogP contribution in [0.15, 0.2) is 45.0 Å². The summed E-state index contributed by atoms with van der Waals surface area (Å²) in [6.45, 7) is 4.18. The highest BCUT2D eigenvalue weighted by Crippen LogP contribution is 2.43. The van der Waals surface area contributed by atoms with E-state index < -0.39 is 23.7 Å². The fourth-order valence-corrected chi connectivity index (χ4v) is 4.23. The number of nitrogens with zero attached hydrogens (tertiary/aromatic N) is 3. The number of amides is 1. The van der Waals surface area contributed by atoms with Crippen molar-refractivity contribution in [2.75, 3.05) is 26.2 Å². The number of primary amides is 1. The highest BCUT2D eigenvalue weighted by molar-refractivity contribution is 6.44. The maximum Gasteiger partial charge on any atom is 0.415 e. The van der Waals surface area contributed by atoms with Crippen LogP contribution >= 0.6 is 0 Å². The van der Waals surface area contributed by atoms with Crippen LogP contribution in [0.3, 0.4) is 0 Å². The molecule has 0 saturated carbocycles. The number of aliphatic imine (C=N–C) groups is 1. The fourth-order valence-electron chi connectivity index (χ4n) is 4.23. The predicted octanol–water partition coefficient (Wildman–Crippen LogP) is 2.58. The van der Waals surface area contributed by atoms with Crippen molar-refractivity contribution in [3.8, 4) is 0 Å². The van der Waals surface area contributed by atoms with Gasteiger partial charge < -0.3 is 14.9 Å². The van der Waals surface area contributed by atoms with E-state index in [2.05, 4.69) is 9.98 Å². The van der Waals surface area contributed by atoms with Crippen molar-refractivity contribution in [3.05, 3.63) is 47.2 Å². The lowest BCUT2D eigenvalue weighted by Gasteiger charge is -2.38. The van der Waals surface area contributed by atoms with E-state index >= 15 is 0 Å². The molecule has 2 aliphatic heterocycles. The summed E-state index contributed by atoms with van der Waals surface area (Å²) in [7, 11) is 0. The zero-order chi connectivity index (χ0) is 22.4. The molecule has 1 saturated heterocycles. The number of morpholine rings is 1. The molecular weight excluding hydrogens is 413 g/mol. The van der Waals surface area contributed by atoms with E-state index in [0.29, 0.717) is 36.7 Å². The Morgan fingerprint density at radius 3 is 2.81 bits per heavy atom. The Morgan fingerprint density at radius 1 is 1.39 bits per heavy atom. The van der Waals surface area contributed by atoms with Crippen molar-refractivity contribution < 1.29 is 27.1 Å². The van der Waals surface area contributed by atoms with E-state index in [9.17, 15) is 18.0 Å². The van der Waals surface area contributed by atoms with Crippen LogP contribution in [-0.2, 0) is 9.53 Å². The molecule has 4 rings (SSSR count). The Labute approximate surface area is 177 Å². The van der Waals surface area contributed by atoms with Crippen molar-refractivity contribution in [2.45, 2.75) is 38.1 Å². The number of halogens is 3. The van der Waals surface area contributed by atoms with Gasteiger partial charge in [0.1, 0.15) is 5.71 Å². The van der Waals surface area contributed by atoms with Gasteiger partial charge in [-0.05, 0) is 25.0 Å². The van der Waals surface area contributed by atoms with Crippen molar-refractivity contribution in [2.24, 2.45) is 10.7 Å². The second-order valence-corrected chi connectivity index (χ2v) is 8.15. The summed E-state index contributed by atoms with van der Waals surface area (Å²) >= 11 is 0. The van der Waals surface area contributed by atoms with E-state index in [1.165, 1.54) is 0 Å². The molecule has 1 amide bonds. The van der Waals surface area contributed by atoms with Crippen LogP contribution in [0.5, 0.6) is 0 Å². The standard InChI is InChI=1S/C21H23F3N4O3/c1-12-26-9-17(31-12)14-7-16(19(25)29)27-20(2)8-13(3-4-15(14)20)10-28-5-6-30-18(11-28)21(22,23)24/h3-4,7,9,18H,5-6,8,10-11H2,1-2H3,(H2,25,29). The average Bonchev–Trinajstić information content (AvgIpc) is 3.12. The lowest BCUT2D eigenvalue weighted by molar-refractivity contribution is -0.236. The van der Waals surface area contributed by atoms with Gasteiger partial charge in [0.2, 0.25) is 0 Å². The minimum atomic E-state index is -4.39. The summed E-state index contributed by atoms with van der Waals surface area (Å²) in [4.78, 5) is 22.4. The SMILES string of the molecule is Cc1ncc(C2=CC(C(N)=O)=NC3(C)CC(CN4CCOC(C(F)(F)F)C4)=CC=C23)o1. The summed E-state index contributed by atoms with van der Waals surface area (Å²) in [5.41, 5.74) is 7.26. The topological polar surface area (TPSA) is 94.0 Å². The lowest BCUT2D eigenvalue weighted by atomic mass is 9.75. The van der Waals surface area contributed by atoms with Crippen LogP contribution in [0.4, 0.5) is 13.2 Å². The molecule has 10 heteroatoms. The molecule has 2 atom stereocenters. The lowest BCUT2D eigenvalue weighted by Crippen LogP contribution is -2.50. The summed E-state index contributed by atoms with van der Waals surface area (Å²) in [5, 5.41) is 0. The number of aryl methyl sites for hydroxylation is 1. The minimum Gasteiger partial charge on any atom is -0.441 e. The Hall–Kier alpha value is -2.72. The van der Waals surface area contributed by atoms with Crippen LogP contribution in [0.1, 0.15) is 25.0 Å². The third kappa shape index (κ3) is 4.35. The fraction of sp³-hybridized carbons (Fsp3) is 0.476. The van der Waals surface area contributed by atoms with Crippen LogP contribution < -0.4 is 5.73 Å². The van der Waals surface area contributed by atoms with E-state index in [-0.39, 0.29) is 18.9 Å². The average molecular weight is 436 g/mol. The van der Waals surface area contributed by atoms with Gasteiger partial charge in [0.05, 0.1) is 18.3 Å². The summed E-state index contributed by atoms with van der Waals surface area (Å²) < 4.78 is 49.7. The third-order valence-electron chi connectivity index (χ3n) is 5.66. The highest BCUT2D eigenvalue weighted by Gasteiger charge is 2.44. The molecule has 3 heterocycles. The largest absolute Gasteiger partial charge is 0.441 e. The maximum atomic E-state index is 13.0. The first-order valence-electron chi connectivity index (χ1n) is 9.90. The first-order valence-corrected chi connectivity index (χ1v) is 9.90. The van der Waals surface area contributed by atoms with Crippen molar-refractivity contribution in [1.29, 1.82) is 0 Å². The molecule has 0 radical (unpaired) electrons. The second-order valence-electron chi connectivity index (χ2n) is 8.15. The first kappa shape index (κ1) is 21.5. The molecule has 2 unspecified atom stereocenters. The Morgan fingerprint density at radius 2 is 2.16 bits per heavy atom. The Bertz CT molecular complexity index is 1020. The molecule has 31 heavy (non-hydrogen) atoms. The predicted molar refractivity (Wildman–Crippen MR) is 107 cm³/mol. The van der Waals surface area contributed by atoms with Crippen LogP contribution in [0.2, 0.25) is 0 Å². The molecular formula is C21H23F3N4O3. The molecule has 7 nitrogen and oxygen atoms in total. The monoisotopic (exact) mass is 436 g/mol. The van der Waals surface area contributed by atoms with Gasteiger partial charge in [-0.25, -0.2) is 4.98 Å². The number of aromatic nitrogens is 1. The molecule has 0 aromatic carbocycles. The molecule has 0 spiro atoms. The van der Waals surface area contributed by atoms with Crippen molar-refractivity contribution in [3.63, 3.8) is 0 Å². The van der Waals surface area contributed by atoms with Crippen molar-refractivity contribution >= 4 is 17.2 Å². The molecule has 1 aromatic rings. The van der Waals surface area contributed by atoms with Gasteiger partial charge in [0.25, 0.3) is 5.91 Å². The van der Waals surface area contributed by atoms with Crippen LogP contribution in [0, 0.1) is 6.92 Å². The van der Waals surface area contributed by atoms with Gasteiger partial charge >= 0.3 is 6.18 Å². The number of rotatable bonds is 4. The molecule has 2 N–H and O–H groups in total. The van der Waals surface area contributed by atoms with Crippen LogP contribution in [0.25, 0.3) is 5.57 Å². The Balaban J connectivity index is 1.62. The smallest absolute Gasteiger partial charge is 0.415 e. The van der Waals surface area contributed by atoms with Crippen LogP contribution in [-0.4, -0.2) is 65.6 Å². The quantitative estimate of drug-likeness (QED) is 0.783. The number of allylic oxidation sites excluding steroid dienone is 2. The number of nitrogens with two attached hydrogens (primary N) is 1. The molecule has 0 bridgehead atoms. The number of hydrogen-bond donors (Lipinski definition) is 1. The number of carbonyl (C=O) groups excluding carboxylic acids is 1. The van der Waals surface area contributed by atoms with E-state index in [1.807, 2.05) is 19.1 Å². The van der Waals surface area contributed by atoms with Crippen molar-refractivity contribution in [1.82, 2.24) is 9.88 Å². The third-order valence-corrected chi connectivity index (χ3v) is 5.66. The minimum absolute atomic E-state index is 0.0253. The second kappa shape index (κ2) is 7.76. The van der Waals surface area contributed by atoms with E-state index in [0.717, 1.165) is 11.1 Å².